The second kappa shape index (κ2) is 5.74. The van der Waals surface area contributed by atoms with Crippen LogP contribution in [0.15, 0.2) is 4.99 Å². The molecule has 0 aromatic heterocycles. The van der Waals surface area contributed by atoms with Crippen LogP contribution in [0.1, 0.15) is 27.7 Å². The van der Waals surface area contributed by atoms with Crippen LogP contribution in [-0.4, -0.2) is 43.4 Å². The summed E-state index contributed by atoms with van der Waals surface area (Å²) in [5.74, 6) is 1.24. The fourth-order valence-electron chi connectivity index (χ4n) is 1.34. The second-order valence-corrected chi connectivity index (χ2v) is 5.55. The molecule has 0 rings (SSSR count). The van der Waals surface area contributed by atoms with Gasteiger partial charge in [-0.25, -0.2) is 0 Å². The van der Waals surface area contributed by atoms with Gasteiger partial charge >= 0.3 is 0 Å². The van der Waals surface area contributed by atoms with Gasteiger partial charge in [0.2, 0.25) is 12.2 Å². The quantitative estimate of drug-likeness (QED) is 0.409. The summed E-state index contributed by atoms with van der Waals surface area (Å²) in [6, 6.07) is 0. The van der Waals surface area contributed by atoms with Gasteiger partial charge in [0.05, 0.1) is 0 Å². The third-order valence-corrected chi connectivity index (χ3v) is 2.92. The zero-order chi connectivity index (χ0) is 12.9. The number of nitriles is 1. The van der Waals surface area contributed by atoms with Crippen LogP contribution in [0, 0.1) is 22.8 Å². The van der Waals surface area contributed by atoms with Crippen molar-refractivity contribution in [2.75, 3.05) is 27.7 Å². The molecule has 0 radical (unpaired) electrons. The molecule has 0 aromatic rings. The minimum Gasteiger partial charge on any atom is -0.348 e. The largest absolute Gasteiger partial charge is 0.348 e. The van der Waals surface area contributed by atoms with E-state index in [1.807, 2.05) is 37.1 Å². The van der Waals surface area contributed by atoms with E-state index in [1.165, 1.54) is 0 Å². The van der Waals surface area contributed by atoms with Gasteiger partial charge < -0.3 is 9.80 Å². The molecule has 0 fully saturated rings. The van der Waals surface area contributed by atoms with Crippen LogP contribution in [0.25, 0.3) is 0 Å². The summed E-state index contributed by atoms with van der Waals surface area (Å²) in [6.07, 6.45) is 1.85. The maximum atomic E-state index is 8.64. The summed E-state index contributed by atoms with van der Waals surface area (Å²) in [5, 5.41) is 8.64. The Morgan fingerprint density at radius 2 is 1.81 bits per heavy atom. The normalized spacial score (nSPS) is 14.2. The Labute approximate surface area is 99.6 Å². The van der Waals surface area contributed by atoms with Crippen molar-refractivity contribution in [3.8, 4) is 6.19 Å². The molecule has 0 aromatic carbocycles. The van der Waals surface area contributed by atoms with Crippen LogP contribution in [0.2, 0.25) is 0 Å². The number of hydrogen-bond donors (Lipinski definition) is 0. The lowest BCUT2D eigenvalue weighted by atomic mass is 9.82. The number of hydrogen-bond acceptors (Lipinski definition) is 2. The summed E-state index contributed by atoms with van der Waals surface area (Å²) >= 11 is 0. The zero-order valence-electron chi connectivity index (χ0n) is 11.6. The lowest BCUT2D eigenvalue weighted by molar-refractivity contribution is 0.215. The van der Waals surface area contributed by atoms with E-state index in [4.69, 9.17) is 5.26 Å². The number of aliphatic imine (C=N–C) groups is 1. The highest BCUT2D eigenvalue weighted by molar-refractivity contribution is 5.80. The second-order valence-electron chi connectivity index (χ2n) is 5.55. The molecule has 0 heterocycles. The fraction of sp³-hybridized carbons (Fsp3) is 0.833. The molecule has 0 aliphatic carbocycles. The Morgan fingerprint density at radius 3 is 2.12 bits per heavy atom. The smallest absolute Gasteiger partial charge is 0.211 e. The molecule has 0 amide bonds. The van der Waals surface area contributed by atoms with Crippen molar-refractivity contribution in [2.24, 2.45) is 16.3 Å². The predicted molar refractivity (Wildman–Crippen MR) is 68.0 cm³/mol. The standard InChI is InChI=1S/C12H24N4/c1-10(12(2,3)4)8-16(7)11(14-9-13)15(5)6/h10H,8H2,1-7H3. The average molecular weight is 224 g/mol. The molecular formula is C12H24N4. The third-order valence-electron chi connectivity index (χ3n) is 2.92. The maximum Gasteiger partial charge on any atom is 0.211 e. The molecule has 0 N–H and O–H groups in total. The molecule has 0 aliphatic heterocycles. The molecule has 4 nitrogen and oxygen atoms in total. The van der Waals surface area contributed by atoms with E-state index in [0.29, 0.717) is 11.9 Å². The lowest BCUT2D eigenvalue weighted by Crippen LogP contribution is -2.42. The van der Waals surface area contributed by atoms with Crippen molar-refractivity contribution >= 4 is 5.96 Å². The summed E-state index contributed by atoms with van der Waals surface area (Å²) in [6.45, 7) is 9.78. The van der Waals surface area contributed by atoms with Gasteiger partial charge in [-0.3, -0.25) is 0 Å². The van der Waals surface area contributed by atoms with Crippen LogP contribution >= 0.6 is 0 Å². The van der Waals surface area contributed by atoms with Crippen molar-refractivity contribution in [3.63, 3.8) is 0 Å². The SMILES string of the molecule is CC(CN(C)C(=NC#N)N(C)C)C(C)(C)C. The van der Waals surface area contributed by atoms with Gasteiger partial charge in [-0.05, 0) is 11.3 Å². The highest BCUT2D eigenvalue weighted by atomic mass is 15.3. The van der Waals surface area contributed by atoms with Gasteiger partial charge in [0, 0.05) is 27.7 Å². The summed E-state index contributed by atoms with van der Waals surface area (Å²) in [5.41, 5.74) is 0.262. The zero-order valence-corrected chi connectivity index (χ0v) is 11.6. The van der Waals surface area contributed by atoms with Gasteiger partial charge in [0.15, 0.2) is 0 Å². The first-order valence-corrected chi connectivity index (χ1v) is 5.55. The van der Waals surface area contributed by atoms with Crippen molar-refractivity contribution in [1.29, 1.82) is 5.26 Å². The first-order valence-electron chi connectivity index (χ1n) is 5.55. The predicted octanol–water partition coefficient (Wildman–Crippen LogP) is 2.00. The van der Waals surface area contributed by atoms with Crippen LogP contribution < -0.4 is 0 Å². The highest BCUT2D eigenvalue weighted by Crippen LogP contribution is 2.25. The Balaban J connectivity index is 4.63. The number of guanidine groups is 1. The Bertz CT molecular complexity index is 280. The van der Waals surface area contributed by atoms with Gasteiger partial charge in [0.25, 0.3) is 0 Å². The molecule has 0 bridgehead atoms. The molecule has 0 spiro atoms. The minimum atomic E-state index is 0.262. The van der Waals surface area contributed by atoms with Crippen molar-refractivity contribution in [3.05, 3.63) is 0 Å². The topological polar surface area (TPSA) is 42.6 Å². The minimum absolute atomic E-state index is 0.262. The number of rotatable bonds is 2. The van der Waals surface area contributed by atoms with Gasteiger partial charge in [-0.2, -0.15) is 5.26 Å². The fourth-order valence-corrected chi connectivity index (χ4v) is 1.34. The van der Waals surface area contributed by atoms with Gasteiger partial charge in [0.1, 0.15) is 0 Å². The maximum absolute atomic E-state index is 8.64. The molecule has 4 heteroatoms. The highest BCUT2D eigenvalue weighted by Gasteiger charge is 2.22. The Morgan fingerprint density at radius 1 is 1.31 bits per heavy atom. The molecule has 0 aliphatic rings. The van der Waals surface area contributed by atoms with E-state index < -0.39 is 0 Å². The summed E-state index contributed by atoms with van der Waals surface area (Å²) in [4.78, 5) is 7.72. The van der Waals surface area contributed by atoms with E-state index >= 15 is 0 Å². The molecule has 16 heavy (non-hydrogen) atoms. The molecule has 1 unspecified atom stereocenters. The van der Waals surface area contributed by atoms with Gasteiger partial charge in [-0.1, -0.05) is 27.7 Å². The monoisotopic (exact) mass is 224 g/mol. The first-order chi connectivity index (χ1) is 7.20. The van der Waals surface area contributed by atoms with E-state index in [2.05, 4.69) is 32.7 Å². The first kappa shape index (κ1) is 14.8. The van der Waals surface area contributed by atoms with Crippen LogP contribution in [-0.2, 0) is 0 Å². The van der Waals surface area contributed by atoms with Crippen molar-refractivity contribution in [1.82, 2.24) is 9.80 Å². The van der Waals surface area contributed by atoms with Gasteiger partial charge in [-0.15, -0.1) is 4.99 Å². The summed E-state index contributed by atoms with van der Waals surface area (Å²) in [7, 11) is 5.77. The van der Waals surface area contributed by atoms with Crippen LogP contribution in [0.3, 0.4) is 0 Å². The van der Waals surface area contributed by atoms with Crippen LogP contribution in [0.5, 0.6) is 0 Å². The Hall–Kier alpha value is -1.24. The van der Waals surface area contributed by atoms with E-state index in [9.17, 15) is 0 Å². The Kier molecular flexibility index (Phi) is 5.29. The van der Waals surface area contributed by atoms with E-state index in [1.54, 1.807) is 0 Å². The van der Waals surface area contributed by atoms with Crippen molar-refractivity contribution < 1.29 is 0 Å². The van der Waals surface area contributed by atoms with E-state index in [-0.39, 0.29) is 5.41 Å². The lowest BCUT2D eigenvalue weighted by Gasteiger charge is -2.33. The molecular weight excluding hydrogens is 200 g/mol. The molecule has 0 saturated heterocycles. The van der Waals surface area contributed by atoms with Crippen molar-refractivity contribution in [2.45, 2.75) is 27.7 Å². The molecule has 1 atom stereocenters. The molecule has 92 valence electrons. The average Bonchev–Trinajstić information content (AvgIpc) is 2.11. The number of nitrogens with zero attached hydrogens (tertiary/aromatic N) is 4. The van der Waals surface area contributed by atoms with Crippen LogP contribution in [0.4, 0.5) is 0 Å². The summed E-state index contributed by atoms with van der Waals surface area (Å²) < 4.78 is 0. The third kappa shape index (κ3) is 4.52. The van der Waals surface area contributed by atoms with E-state index in [0.717, 1.165) is 6.54 Å². The molecule has 0 saturated carbocycles.